The van der Waals surface area contributed by atoms with Crippen LogP contribution in [-0.4, -0.2) is 44.8 Å². The number of nitrogens with one attached hydrogen (secondary N) is 1. The number of anilines is 1. The molecule has 2 saturated heterocycles. The minimum atomic E-state index is -3.50. The van der Waals surface area contributed by atoms with Gasteiger partial charge in [0.2, 0.25) is 15.9 Å². The minimum absolute atomic E-state index is 0.0116. The number of sulfonamides is 1. The van der Waals surface area contributed by atoms with Crippen molar-refractivity contribution in [3.63, 3.8) is 0 Å². The van der Waals surface area contributed by atoms with Crippen molar-refractivity contribution in [2.75, 3.05) is 31.1 Å². The van der Waals surface area contributed by atoms with Gasteiger partial charge in [-0.1, -0.05) is 29.8 Å². The van der Waals surface area contributed by atoms with E-state index in [-0.39, 0.29) is 11.8 Å². The maximum absolute atomic E-state index is 12.8. The molecule has 0 bridgehead atoms. The number of hydrogen-bond donors (Lipinski definition) is 1. The summed E-state index contributed by atoms with van der Waals surface area (Å²) in [6.07, 6.45) is 4.92. The first-order chi connectivity index (χ1) is 15.4. The Balaban J connectivity index is 1.26. The lowest BCUT2D eigenvalue weighted by molar-refractivity contribution is -0.126. The van der Waals surface area contributed by atoms with E-state index < -0.39 is 10.0 Å². The molecule has 2 aliphatic rings. The summed E-state index contributed by atoms with van der Waals surface area (Å²) in [4.78, 5) is 15.4. The number of benzene rings is 2. The lowest BCUT2D eigenvalue weighted by atomic mass is 9.97. The molecule has 0 saturated carbocycles. The number of amides is 1. The highest BCUT2D eigenvalue weighted by molar-refractivity contribution is 7.89. The number of rotatable bonds is 6. The van der Waals surface area contributed by atoms with E-state index in [2.05, 4.69) is 34.5 Å². The van der Waals surface area contributed by atoms with E-state index in [1.165, 1.54) is 29.3 Å². The van der Waals surface area contributed by atoms with Crippen LogP contribution in [0.2, 0.25) is 0 Å². The molecule has 2 heterocycles. The van der Waals surface area contributed by atoms with Crippen molar-refractivity contribution in [3.8, 4) is 0 Å². The third-order valence-corrected chi connectivity index (χ3v) is 8.52. The van der Waals surface area contributed by atoms with Crippen molar-refractivity contribution in [2.45, 2.75) is 50.5 Å². The third kappa shape index (κ3) is 5.33. The van der Waals surface area contributed by atoms with Crippen molar-refractivity contribution in [1.82, 2.24) is 9.62 Å². The summed E-state index contributed by atoms with van der Waals surface area (Å²) in [6.45, 7) is 5.42. The fourth-order valence-electron chi connectivity index (χ4n) is 4.53. The van der Waals surface area contributed by atoms with Crippen LogP contribution in [0.15, 0.2) is 53.4 Å². The molecular weight excluding hydrogens is 422 g/mol. The van der Waals surface area contributed by atoms with E-state index in [1.54, 1.807) is 12.1 Å². The van der Waals surface area contributed by atoms with Crippen molar-refractivity contribution < 1.29 is 13.2 Å². The second-order valence-electron chi connectivity index (χ2n) is 8.92. The van der Waals surface area contributed by atoms with Gasteiger partial charge in [-0.25, -0.2) is 8.42 Å². The summed E-state index contributed by atoms with van der Waals surface area (Å²) in [7, 11) is -3.50. The van der Waals surface area contributed by atoms with Crippen LogP contribution in [0.3, 0.4) is 0 Å². The molecule has 1 N–H and O–H groups in total. The molecule has 0 aromatic heterocycles. The van der Waals surface area contributed by atoms with Crippen LogP contribution >= 0.6 is 0 Å². The summed E-state index contributed by atoms with van der Waals surface area (Å²) in [6, 6.07) is 15.4. The Morgan fingerprint density at radius 1 is 0.906 bits per heavy atom. The number of carbonyl (C=O) groups excluding carboxylic acids is 1. The van der Waals surface area contributed by atoms with Gasteiger partial charge in [0.15, 0.2) is 0 Å². The molecule has 32 heavy (non-hydrogen) atoms. The lowest BCUT2D eigenvalue weighted by Gasteiger charge is -2.30. The van der Waals surface area contributed by atoms with Crippen molar-refractivity contribution in [1.29, 1.82) is 0 Å². The van der Waals surface area contributed by atoms with Gasteiger partial charge in [0.05, 0.1) is 4.90 Å². The Hall–Kier alpha value is -2.38. The van der Waals surface area contributed by atoms with Crippen LogP contribution in [-0.2, 0) is 21.4 Å². The maximum Gasteiger partial charge on any atom is 0.243 e. The highest BCUT2D eigenvalue weighted by Gasteiger charge is 2.32. The fraction of sp³-hybridized carbons (Fsp3) is 0.480. The van der Waals surface area contributed by atoms with E-state index in [0.29, 0.717) is 37.4 Å². The van der Waals surface area contributed by atoms with E-state index in [1.807, 2.05) is 19.1 Å². The van der Waals surface area contributed by atoms with Crippen LogP contribution in [0.5, 0.6) is 0 Å². The summed E-state index contributed by atoms with van der Waals surface area (Å²) in [5.41, 5.74) is 3.36. The molecule has 0 aliphatic carbocycles. The van der Waals surface area contributed by atoms with Gasteiger partial charge in [0.25, 0.3) is 0 Å². The Labute approximate surface area is 191 Å². The van der Waals surface area contributed by atoms with Gasteiger partial charge < -0.3 is 10.2 Å². The minimum Gasteiger partial charge on any atom is -0.372 e. The average molecular weight is 456 g/mol. The quantitative estimate of drug-likeness (QED) is 0.721. The molecule has 2 aromatic rings. The molecule has 2 aliphatic heterocycles. The van der Waals surface area contributed by atoms with E-state index in [4.69, 9.17) is 0 Å². The highest BCUT2D eigenvalue weighted by atomic mass is 32.2. The largest absolute Gasteiger partial charge is 0.372 e. The predicted octanol–water partition coefficient (Wildman–Crippen LogP) is 3.70. The standard InChI is InChI=1S/C25H33N3O3S/c1-20-5-11-24(12-6-20)32(30,31)28-17-13-22(14-18-28)25(29)26-19-21-7-9-23(10-8-21)27-15-3-2-4-16-27/h5-12,22H,2-4,13-19H2,1H3,(H,26,29). The molecule has 2 fully saturated rings. The average Bonchev–Trinajstić information content (AvgIpc) is 2.84. The Bertz CT molecular complexity index is 1010. The molecule has 1 amide bonds. The maximum atomic E-state index is 12.8. The SMILES string of the molecule is Cc1ccc(S(=O)(=O)N2CCC(C(=O)NCc3ccc(N4CCCCC4)cc3)CC2)cc1. The van der Waals surface area contributed by atoms with Gasteiger partial charge in [-0.15, -0.1) is 0 Å². The number of piperidine rings is 2. The number of hydrogen-bond acceptors (Lipinski definition) is 4. The summed E-state index contributed by atoms with van der Waals surface area (Å²) < 4.78 is 27.2. The van der Waals surface area contributed by atoms with Gasteiger partial charge in [-0.2, -0.15) is 4.31 Å². The van der Waals surface area contributed by atoms with Gasteiger partial charge in [-0.3, -0.25) is 4.79 Å². The van der Waals surface area contributed by atoms with E-state index in [9.17, 15) is 13.2 Å². The zero-order valence-corrected chi connectivity index (χ0v) is 19.6. The molecule has 7 heteroatoms. The first kappa shape index (κ1) is 22.8. The normalized spacial score (nSPS) is 18.5. The molecule has 4 rings (SSSR count). The van der Waals surface area contributed by atoms with Crippen LogP contribution in [0, 0.1) is 12.8 Å². The van der Waals surface area contributed by atoms with Crippen LogP contribution < -0.4 is 10.2 Å². The van der Waals surface area contributed by atoms with Gasteiger partial charge in [-0.05, 0) is 68.9 Å². The first-order valence-electron chi connectivity index (χ1n) is 11.6. The fourth-order valence-corrected chi connectivity index (χ4v) is 6.00. The highest BCUT2D eigenvalue weighted by Crippen LogP contribution is 2.25. The number of aryl methyl sites for hydroxylation is 1. The molecule has 0 atom stereocenters. The molecule has 0 spiro atoms. The van der Waals surface area contributed by atoms with Crippen LogP contribution in [0.4, 0.5) is 5.69 Å². The smallest absolute Gasteiger partial charge is 0.243 e. The van der Waals surface area contributed by atoms with Gasteiger partial charge >= 0.3 is 0 Å². The Morgan fingerprint density at radius 2 is 1.53 bits per heavy atom. The van der Waals surface area contributed by atoms with Crippen molar-refractivity contribution >= 4 is 21.6 Å². The third-order valence-electron chi connectivity index (χ3n) is 6.61. The topological polar surface area (TPSA) is 69.7 Å². The first-order valence-corrected chi connectivity index (χ1v) is 13.1. The lowest BCUT2D eigenvalue weighted by Crippen LogP contribution is -2.42. The molecule has 0 radical (unpaired) electrons. The van der Waals surface area contributed by atoms with E-state index in [0.717, 1.165) is 24.2 Å². The van der Waals surface area contributed by atoms with Gasteiger partial charge in [0.1, 0.15) is 0 Å². The zero-order chi connectivity index (χ0) is 22.6. The van der Waals surface area contributed by atoms with Crippen molar-refractivity contribution in [2.24, 2.45) is 5.92 Å². The molecule has 172 valence electrons. The van der Waals surface area contributed by atoms with Crippen LogP contribution in [0.1, 0.15) is 43.2 Å². The summed E-state index contributed by atoms with van der Waals surface area (Å²) >= 11 is 0. The number of carbonyl (C=O) groups is 1. The molecule has 6 nitrogen and oxygen atoms in total. The second-order valence-corrected chi connectivity index (χ2v) is 10.9. The Kier molecular flexibility index (Phi) is 7.16. The summed E-state index contributed by atoms with van der Waals surface area (Å²) in [5, 5.41) is 3.04. The second kappa shape index (κ2) is 10.0. The monoisotopic (exact) mass is 455 g/mol. The van der Waals surface area contributed by atoms with E-state index >= 15 is 0 Å². The van der Waals surface area contributed by atoms with Crippen LogP contribution in [0.25, 0.3) is 0 Å². The predicted molar refractivity (Wildman–Crippen MR) is 127 cm³/mol. The molecule has 0 unspecified atom stereocenters. The van der Waals surface area contributed by atoms with Gasteiger partial charge in [0, 0.05) is 44.3 Å². The molecule has 2 aromatic carbocycles. The number of nitrogens with zero attached hydrogens (tertiary/aromatic N) is 2. The zero-order valence-electron chi connectivity index (χ0n) is 18.8. The van der Waals surface area contributed by atoms with Crippen molar-refractivity contribution in [3.05, 3.63) is 59.7 Å². The molecular formula is C25H33N3O3S. The Morgan fingerprint density at radius 3 is 2.16 bits per heavy atom. The summed E-state index contributed by atoms with van der Waals surface area (Å²) in [5.74, 6) is -0.135.